The third-order valence-electron chi connectivity index (χ3n) is 3.16. The minimum Gasteiger partial charge on any atom is -0.496 e. The van der Waals surface area contributed by atoms with Crippen LogP contribution in [0.3, 0.4) is 0 Å². The van der Waals surface area contributed by atoms with Crippen molar-refractivity contribution in [3.8, 4) is 11.4 Å². The van der Waals surface area contributed by atoms with E-state index in [1.807, 2.05) is 6.92 Å². The summed E-state index contributed by atoms with van der Waals surface area (Å²) >= 11 is 0. The number of ether oxygens (including phenoxy) is 1. The predicted octanol–water partition coefficient (Wildman–Crippen LogP) is 0.322. The highest BCUT2D eigenvalue weighted by molar-refractivity contribution is 5.74. The Labute approximate surface area is 132 Å². The summed E-state index contributed by atoms with van der Waals surface area (Å²) in [6.45, 7) is 1.93. The second-order valence-electron chi connectivity index (χ2n) is 4.82. The first kappa shape index (κ1) is 16.7. The molecule has 9 heteroatoms. The number of carbonyl (C=O) groups excluding carboxylic acids is 1. The number of hydroxylamine groups is 1. The molecule has 23 heavy (non-hydrogen) atoms. The molecule has 9 nitrogen and oxygen atoms in total. The Balaban J connectivity index is 2.28. The van der Waals surface area contributed by atoms with Gasteiger partial charge in [0, 0.05) is 19.0 Å². The van der Waals surface area contributed by atoms with Gasteiger partial charge in [-0.25, -0.2) is 10.3 Å². The van der Waals surface area contributed by atoms with Gasteiger partial charge >= 0.3 is 5.69 Å². The molecule has 0 saturated carbocycles. The highest BCUT2D eigenvalue weighted by Crippen LogP contribution is 2.24. The van der Waals surface area contributed by atoms with Crippen LogP contribution in [0.2, 0.25) is 0 Å². The number of hydrogen-bond donors (Lipinski definition) is 1. The number of rotatable bonds is 7. The fourth-order valence-electron chi connectivity index (χ4n) is 2.02. The summed E-state index contributed by atoms with van der Waals surface area (Å²) in [5.74, 6) is 0.311. The highest BCUT2D eigenvalue weighted by Gasteiger charge is 2.15. The summed E-state index contributed by atoms with van der Waals surface area (Å²) in [5.41, 5.74) is 3.02. The molecule has 0 fully saturated rings. The van der Waals surface area contributed by atoms with Crippen molar-refractivity contribution >= 4 is 5.91 Å². The molecule has 0 radical (unpaired) electrons. The molecule has 1 heterocycles. The first-order valence-electron chi connectivity index (χ1n) is 7.14. The maximum atomic E-state index is 12.0. The van der Waals surface area contributed by atoms with Crippen molar-refractivity contribution in [2.75, 3.05) is 7.11 Å². The summed E-state index contributed by atoms with van der Waals surface area (Å²) in [6.07, 6.45) is 1.10. The molecule has 0 atom stereocenters. The maximum absolute atomic E-state index is 12.0. The molecule has 1 amide bonds. The third kappa shape index (κ3) is 3.75. The number of nitrogens with zero attached hydrogens (tertiary/aromatic N) is 4. The SMILES string of the molecule is CCCC(=O)NOCc1c(OC)cccc1-n1nnn(C)c1=O. The van der Waals surface area contributed by atoms with Gasteiger partial charge in [0.05, 0.1) is 12.8 Å². The molecule has 1 N–H and O–H groups in total. The molecular formula is C14H19N5O4. The van der Waals surface area contributed by atoms with Crippen LogP contribution in [0, 0.1) is 0 Å². The van der Waals surface area contributed by atoms with E-state index in [4.69, 9.17) is 9.57 Å². The van der Waals surface area contributed by atoms with E-state index in [-0.39, 0.29) is 12.5 Å². The summed E-state index contributed by atoms with van der Waals surface area (Å²) < 4.78 is 7.56. The van der Waals surface area contributed by atoms with Gasteiger partial charge in [0.15, 0.2) is 0 Å². The number of tetrazole rings is 1. The van der Waals surface area contributed by atoms with Crippen molar-refractivity contribution in [1.29, 1.82) is 0 Å². The Morgan fingerprint density at radius 3 is 2.74 bits per heavy atom. The Hall–Kier alpha value is -2.68. The van der Waals surface area contributed by atoms with Crippen molar-refractivity contribution in [1.82, 2.24) is 25.3 Å². The van der Waals surface area contributed by atoms with Gasteiger partial charge in [-0.2, -0.15) is 9.36 Å². The molecule has 1 aromatic carbocycles. The average Bonchev–Trinajstić information content (AvgIpc) is 2.87. The molecule has 0 unspecified atom stereocenters. The summed E-state index contributed by atoms with van der Waals surface area (Å²) in [5, 5.41) is 7.50. The van der Waals surface area contributed by atoms with Crippen LogP contribution in [0.5, 0.6) is 5.75 Å². The quantitative estimate of drug-likeness (QED) is 0.737. The lowest BCUT2D eigenvalue weighted by Crippen LogP contribution is -2.25. The van der Waals surface area contributed by atoms with E-state index < -0.39 is 5.69 Å². The summed E-state index contributed by atoms with van der Waals surface area (Å²) in [6, 6.07) is 5.16. The average molecular weight is 321 g/mol. The van der Waals surface area contributed by atoms with Crippen LogP contribution < -0.4 is 15.9 Å². The maximum Gasteiger partial charge on any atom is 0.368 e. The third-order valence-corrected chi connectivity index (χ3v) is 3.16. The number of aryl methyl sites for hydroxylation is 1. The minimum atomic E-state index is -0.394. The molecule has 0 spiro atoms. The molecular weight excluding hydrogens is 302 g/mol. The highest BCUT2D eigenvalue weighted by atomic mass is 16.7. The number of nitrogens with one attached hydrogen (secondary N) is 1. The molecule has 1 aromatic heterocycles. The number of carbonyl (C=O) groups is 1. The molecule has 0 saturated heterocycles. The largest absolute Gasteiger partial charge is 0.496 e. The fourth-order valence-corrected chi connectivity index (χ4v) is 2.02. The number of benzene rings is 1. The second kappa shape index (κ2) is 7.54. The molecule has 2 rings (SSSR count). The van der Waals surface area contributed by atoms with E-state index in [9.17, 15) is 9.59 Å². The van der Waals surface area contributed by atoms with Crippen molar-refractivity contribution in [3.05, 3.63) is 34.2 Å². The van der Waals surface area contributed by atoms with Gasteiger partial charge in [-0.15, -0.1) is 0 Å². The first-order valence-corrected chi connectivity index (χ1v) is 7.14. The fraction of sp³-hybridized carbons (Fsp3) is 0.429. The lowest BCUT2D eigenvalue weighted by molar-refractivity contribution is -0.134. The van der Waals surface area contributed by atoms with Crippen LogP contribution in [0.1, 0.15) is 25.3 Å². The van der Waals surface area contributed by atoms with Gasteiger partial charge in [0.1, 0.15) is 12.4 Å². The topological polar surface area (TPSA) is 100 Å². The van der Waals surface area contributed by atoms with E-state index in [2.05, 4.69) is 15.9 Å². The number of methoxy groups -OCH3 is 1. The molecule has 0 aliphatic carbocycles. The van der Waals surface area contributed by atoms with Gasteiger partial charge < -0.3 is 4.74 Å². The van der Waals surface area contributed by atoms with Gasteiger partial charge in [-0.3, -0.25) is 9.63 Å². The van der Waals surface area contributed by atoms with Crippen LogP contribution in [0.25, 0.3) is 5.69 Å². The normalized spacial score (nSPS) is 10.6. The Bertz CT molecular complexity index is 737. The van der Waals surface area contributed by atoms with E-state index >= 15 is 0 Å². The van der Waals surface area contributed by atoms with Crippen LogP contribution in [-0.4, -0.2) is 32.8 Å². The van der Waals surface area contributed by atoms with Gasteiger partial charge in [0.25, 0.3) is 0 Å². The van der Waals surface area contributed by atoms with E-state index in [0.717, 1.165) is 15.8 Å². The van der Waals surface area contributed by atoms with Crippen LogP contribution in [0.15, 0.2) is 23.0 Å². The molecule has 0 aliphatic rings. The summed E-state index contributed by atoms with van der Waals surface area (Å²) in [7, 11) is 3.02. The van der Waals surface area contributed by atoms with Crippen LogP contribution in [-0.2, 0) is 23.3 Å². The standard InChI is InChI=1S/C14H19N5O4/c1-4-6-13(20)15-23-9-10-11(7-5-8-12(10)22-3)19-14(21)18(2)16-17-19/h5,7-8H,4,6,9H2,1-3H3,(H,15,20). The molecule has 2 aromatic rings. The summed E-state index contributed by atoms with van der Waals surface area (Å²) in [4.78, 5) is 28.7. The zero-order valence-electron chi connectivity index (χ0n) is 13.3. The van der Waals surface area contributed by atoms with Crippen molar-refractivity contribution < 1.29 is 14.4 Å². The molecule has 124 valence electrons. The van der Waals surface area contributed by atoms with Crippen molar-refractivity contribution in [2.45, 2.75) is 26.4 Å². The Morgan fingerprint density at radius 1 is 1.35 bits per heavy atom. The van der Waals surface area contributed by atoms with Crippen molar-refractivity contribution in [3.63, 3.8) is 0 Å². The zero-order valence-corrected chi connectivity index (χ0v) is 13.3. The van der Waals surface area contributed by atoms with E-state index in [1.165, 1.54) is 14.2 Å². The van der Waals surface area contributed by atoms with E-state index in [1.54, 1.807) is 18.2 Å². The lowest BCUT2D eigenvalue weighted by atomic mass is 10.1. The number of amides is 1. The molecule has 0 bridgehead atoms. The Morgan fingerprint density at radius 2 is 2.13 bits per heavy atom. The lowest BCUT2D eigenvalue weighted by Gasteiger charge is -2.13. The van der Waals surface area contributed by atoms with Crippen molar-refractivity contribution in [2.24, 2.45) is 7.05 Å². The first-order chi connectivity index (χ1) is 11.1. The predicted molar refractivity (Wildman–Crippen MR) is 81.0 cm³/mol. The van der Waals surface area contributed by atoms with E-state index in [0.29, 0.717) is 23.4 Å². The van der Waals surface area contributed by atoms with Gasteiger partial charge in [-0.1, -0.05) is 13.0 Å². The number of hydrogen-bond acceptors (Lipinski definition) is 6. The monoisotopic (exact) mass is 321 g/mol. The van der Waals surface area contributed by atoms with Gasteiger partial charge in [0.2, 0.25) is 5.91 Å². The smallest absolute Gasteiger partial charge is 0.368 e. The minimum absolute atomic E-state index is 0.0256. The second-order valence-corrected chi connectivity index (χ2v) is 4.82. The van der Waals surface area contributed by atoms with Crippen LogP contribution in [0.4, 0.5) is 0 Å². The Kier molecular flexibility index (Phi) is 5.47. The zero-order chi connectivity index (χ0) is 16.8. The molecule has 0 aliphatic heterocycles. The van der Waals surface area contributed by atoms with Crippen LogP contribution >= 0.6 is 0 Å². The number of aromatic nitrogens is 4. The van der Waals surface area contributed by atoms with Gasteiger partial charge in [-0.05, 0) is 29.0 Å².